The van der Waals surface area contributed by atoms with Crippen molar-refractivity contribution in [3.05, 3.63) is 65.0 Å². The van der Waals surface area contributed by atoms with E-state index in [0.29, 0.717) is 29.0 Å². The van der Waals surface area contributed by atoms with E-state index in [1.807, 2.05) is 0 Å². The molecular weight excluding hydrogens is 421 g/mol. The maximum absolute atomic E-state index is 14.5. The summed E-state index contributed by atoms with van der Waals surface area (Å²) in [6.45, 7) is 0. The minimum atomic E-state index is -3.69. The Labute approximate surface area is 180 Å². The summed E-state index contributed by atoms with van der Waals surface area (Å²) in [5.41, 5.74) is 6.03. The minimum Gasteiger partial charge on any atom is -0.383 e. The fraction of sp³-hybridized carbons (Fsp3) is 0.364. The van der Waals surface area contributed by atoms with E-state index in [0.717, 1.165) is 12.7 Å². The molecular formula is C22H24FN3O4S. The molecule has 1 amide bonds. The van der Waals surface area contributed by atoms with Crippen molar-refractivity contribution in [1.29, 1.82) is 0 Å². The van der Waals surface area contributed by atoms with Gasteiger partial charge in [0.1, 0.15) is 11.6 Å². The summed E-state index contributed by atoms with van der Waals surface area (Å²) in [4.78, 5) is 19.1. The Kier molecular flexibility index (Phi) is 5.25. The number of benzene rings is 2. The smallest absolute Gasteiger partial charge is 0.306 e. The lowest BCUT2D eigenvalue weighted by Crippen LogP contribution is -2.41. The van der Waals surface area contributed by atoms with Crippen molar-refractivity contribution in [3.63, 3.8) is 0 Å². The maximum Gasteiger partial charge on any atom is 0.306 e. The molecule has 1 fully saturated rings. The number of guanidine groups is 1. The number of aryl methyl sites for hydroxylation is 1. The van der Waals surface area contributed by atoms with E-state index >= 15 is 0 Å². The van der Waals surface area contributed by atoms with Crippen molar-refractivity contribution in [2.24, 2.45) is 16.6 Å². The van der Waals surface area contributed by atoms with Crippen molar-refractivity contribution < 1.29 is 21.8 Å². The Bertz CT molecular complexity index is 1160. The molecule has 1 heterocycles. The van der Waals surface area contributed by atoms with E-state index in [9.17, 15) is 17.6 Å². The highest BCUT2D eigenvalue weighted by Gasteiger charge is 2.49. The second-order valence-electron chi connectivity index (χ2n) is 8.14. The second-order valence-corrected chi connectivity index (χ2v) is 9.72. The Morgan fingerprint density at radius 2 is 1.84 bits per heavy atom. The van der Waals surface area contributed by atoms with Crippen LogP contribution in [0, 0.1) is 11.7 Å². The largest absolute Gasteiger partial charge is 0.383 e. The number of carbonyl (C=O) groups is 1. The molecule has 0 saturated heterocycles. The summed E-state index contributed by atoms with van der Waals surface area (Å²) in [6.07, 6.45) is 4.80. The molecule has 0 aromatic heterocycles. The fourth-order valence-electron chi connectivity index (χ4n) is 3.87. The Morgan fingerprint density at radius 3 is 2.39 bits per heavy atom. The molecule has 1 unspecified atom stereocenters. The number of likely N-dealkylation sites (N-methyl/N-ethyl adjacent to an activating group) is 1. The number of amides is 1. The molecule has 2 aromatic rings. The van der Waals surface area contributed by atoms with Gasteiger partial charge in [-0.3, -0.25) is 9.69 Å². The summed E-state index contributed by atoms with van der Waals surface area (Å²) >= 11 is 0. The van der Waals surface area contributed by atoms with E-state index in [1.165, 1.54) is 43.0 Å². The lowest BCUT2D eigenvalue weighted by atomic mass is 9.81. The molecule has 0 bridgehead atoms. The molecule has 1 atom stereocenters. The molecule has 1 saturated carbocycles. The van der Waals surface area contributed by atoms with Crippen molar-refractivity contribution in [2.75, 3.05) is 13.3 Å². The number of carbonyl (C=O) groups excluding carboxylic acids is 1. The van der Waals surface area contributed by atoms with Crippen LogP contribution in [0.4, 0.5) is 4.39 Å². The SMILES string of the molecule is CN1C(=O)C(c2ccc(OS(C)(=O)=O)cc2)(c2ccc(F)c(CCC3CC3)c2)N=C1N. The lowest BCUT2D eigenvalue weighted by Gasteiger charge is -2.27. The highest BCUT2D eigenvalue weighted by atomic mass is 32.2. The molecule has 164 valence electrons. The molecule has 4 rings (SSSR count). The van der Waals surface area contributed by atoms with Gasteiger partial charge in [-0.05, 0) is 59.7 Å². The van der Waals surface area contributed by atoms with Gasteiger partial charge in [0.25, 0.3) is 5.91 Å². The van der Waals surface area contributed by atoms with E-state index in [4.69, 9.17) is 9.92 Å². The molecule has 0 spiro atoms. The molecule has 2 N–H and O–H groups in total. The highest BCUT2D eigenvalue weighted by molar-refractivity contribution is 7.86. The predicted molar refractivity (Wildman–Crippen MR) is 115 cm³/mol. The van der Waals surface area contributed by atoms with Crippen LogP contribution >= 0.6 is 0 Å². The van der Waals surface area contributed by atoms with Crippen LogP contribution in [0.25, 0.3) is 0 Å². The number of nitrogens with zero attached hydrogens (tertiary/aromatic N) is 2. The van der Waals surface area contributed by atoms with Crippen LogP contribution in [0.1, 0.15) is 36.0 Å². The van der Waals surface area contributed by atoms with Gasteiger partial charge in [0.05, 0.1) is 6.26 Å². The van der Waals surface area contributed by atoms with Gasteiger partial charge in [-0.1, -0.05) is 31.0 Å². The first-order chi connectivity index (χ1) is 14.6. The van der Waals surface area contributed by atoms with Crippen LogP contribution in [0.3, 0.4) is 0 Å². The molecule has 2 aliphatic rings. The Balaban J connectivity index is 1.78. The number of hydrogen-bond acceptors (Lipinski definition) is 6. The van der Waals surface area contributed by atoms with E-state index in [2.05, 4.69) is 4.99 Å². The van der Waals surface area contributed by atoms with Crippen LogP contribution in [0.15, 0.2) is 47.5 Å². The first kappa shape index (κ1) is 21.3. The van der Waals surface area contributed by atoms with Gasteiger partial charge in [-0.25, -0.2) is 9.38 Å². The topological polar surface area (TPSA) is 102 Å². The average molecular weight is 446 g/mol. The third-order valence-corrected chi connectivity index (χ3v) is 6.24. The molecule has 1 aliphatic heterocycles. The van der Waals surface area contributed by atoms with E-state index in [-0.39, 0.29) is 23.4 Å². The number of hydrogen-bond donors (Lipinski definition) is 1. The van der Waals surface area contributed by atoms with Crippen molar-refractivity contribution in [1.82, 2.24) is 4.90 Å². The lowest BCUT2D eigenvalue weighted by molar-refractivity contribution is -0.129. The average Bonchev–Trinajstić information content (AvgIpc) is 3.51. The van der Waals surface area contributed by atoms with Gasteiger partial charge >= 0.3 is 10.1 Å². The monoisotopic (exact) mass is 445 g/mol. The van der Waals surface area contributed by atoms with Crippen LogP contribution in [0.5, 0.6) is 5.75 Å². The van der Waals surface area contributed by atoms with Crippen LogP contribution < -0.4 is 9.92 Å². The summed E-state index contributed by atoms with van der Waals surface area (Å²) in [5.74, 6) is 0.118. The van der Waals surface area contributed by atoms with Crippen molar-refractivity contribution in [2.45, 2.75) is 31.2 Å². The van der Waals surface area contributed by atoms with Crippen LogP contribution in [0.2, 0.25) is 0 Å². The standard InChI is InChI=1S/C22H24FN3O4S/c1-26-20(27)22(25-21(26)24,16-7-10-18(11-8-16)30-31(2,28)29)17-9-12-19(23)15(13-17)6-5-14-3-4-14/h7-14H,3-6H2,1-2H3,(H2,24,25). The van der Waals surface area contributed by atoms with E-state index < -0.39 is 15.7 Å². The predicted octanol–water partition coefficient (Wildman–Crippen LogP) is 2.54. The van der Waals surface area contributed by atoms with E-state index in [1.54, 1.807) is 24.3 Å². The zero-order chi connectivity index (χ0) is 22.4. The normalized spacial score (nSPS) is 21.3. The summed E-state index contributed by atoms with van der Waals surface area (Å²) in [6, 6.07) is 10.6. The van der Waals surface area contributed by atoms with Gasteiger partial charge in [-0.2, -0.15) is 8.42 Å². The number of nitrogens with two attached hydrogens (primary N) is 1. The van der Waals surface area contributed by atoms with Gasteiger partial charge < -0.3 is 9.92 Å². The minimum absolute atomic E-state index is 0.0466. The Hall–Kier alpha value is -2.94. The number of halogens is 1. The van der Waals surface area contributed by atoms with Crippen molar-refractivity contribution >= 4 is 22.0 Å². The fourth-order valence-corrected chi connectivity index (χ4v) is 4.33. The third-order valence-electron chi connectivity index (χ3n) is 5.74. The van der Waals surface area contributed by atoms with Gasteiger partial charge in [0, 0.05) is 7.05 Å². The van der Waals surface area contributed by atoms with Crippen LogP contribution in [-0.4, -0.2) is 38.5 Å². The number of rotatable bonds is 7. The second kappa shape index (κ2) is 7.64. The summed E-state index contributed by atoms with van der Waals surface area (Å²) < 4.78 is 42.2. The molecule has 7 nitrogen and oxygen atoms in total. The first-order valence-corrected chi connectivity index (χ1v) is 11.8. The third kappa shape index (κ3) is 4.14. The molecule has 9 heteroatoms. The van der Waals surface area contributed by atoms with Gasteiger partial charge in [0.15, 0.2) is 11.5 Å². The quantitative estimate of drug-likeness (QED) is 0.660. The zero-order valence-corrected chi connectivity index (χ0v) is 18.2. The summed E-state index contributed by atoms with van der Waals surface area (Å²) in [7, 11) is -2.16. The van der Waals surface area contributed by atoms with Gasteiger partial charge in [0.2, 0.25) is 0 Å². The molecule has 1 aliphatic carbocycles. The zero-order valence-electron chi connectivity index (χ0n) is 17.3. The molecule has 2 aromatic carbocycles. The van der Waals surface area contributed by atoms with Gasteiger partial charge in [-0.15, -0.1) is 0 Å². The Morgan fingerprint density at radius 1 is 1.19 bits per heavy atom. The summed E-state index contributed by atoms with van der Waals surface area (Å²) in [5, 5.41) is 0. The maximum atomic E-state index is 14.5. The molecule has 31 heavy (non-hydrogen) atoms. The van der Waals surface area contributed by atoms with Crippen molar-refractivity contribution in [3.8, 4) is 5.75 Å². The van der Waals surface area contributed by atoms with Crippen LogP contribution in [-0.2, 0) is 26.9 Å². The highest BCUT2D eigenvalue weighted by Crippen LogP contribution is 2.41. The molecule has 0 radical (unpaired) electrons. The first-order valence-electron chi connectivity index (χ1n) is 10.0. The number of aliphatic imine (C=N–C) groups is 1.